The molecule has 1 aliphatic heterocycles. The summed E-state index contributed by atoms with van der Waals surface area (Å²) >= 11 is 0. The first-order valence-electron chi connectivity index (χ1n) is 10.9. The molecule has 182 valence electrons. The third kappa shape index (κ3) is 7.60. The molecule has 11 nitrogen and oxygen atoms in total. The molecule has 4 N–H and O–H groups in total. The fourth-order valence-electron chi connectivity index (χ4n) is 3.30. The zero-order valence-electron chi connectivity index (χ0n) is 18.8. The number of nitrogens with zero attached hydrogens (tertiary/aromatic N) is 1. The third-order valence-electron chi connectivity index (χ3n) is 4.95. The van der Waals surface area contributed by atoms with E-state index in [9.17, 15) is 19.2 Å². The van der Waals surface area contributed by atoms with E-state index in [-0.39, 0.29) is 29.9 Å². The van der Waals surface area contributed by atoms with E-state index in [2.05, 4.69) is 10.6 Å². The summed E-state index contributed by atoms with van der Waals surface area (Å²) in [5.74, 6) is -1.37. The van der Waals surface area contributed by atoms with E-state index >= 15 is 0 Å². The fraction of sp³-hybridized carbons (Fsp3) is 0.545. The Hall–Kier alpha value is -2.86. The standard InChI is InChI=1S/C22H32N4O7/c1-24-19(28)6-5-16(15-27)26-21(29)17-3-2-4-18(20(17)22(26)30)25-8-10-32-12-14-33-13-11-31-9-7-23/h2-4,15-16,25H,5-14,23H2,1H3,(H,24,28). The molecule has 0 saturated carbocycles. The van der Waals surface area contributed by atoms with E-state index < -0.39 is 17.9 Å². The number of anilines is 1. The Labute approximate surface area is 192 Å². The molecule has 1 aromatic carbocycles. The smallest absolute Gasteiger partial charge is 0.264 e. The van der Waals surface area contributed by atoms with Crippen molar-refractivity contribution < 1.29 is 33.4 Å². The number of benzene rings is 1. The maximum Gasteiger partial charge on any atom is 0.264 e. The lowest BCUT2D eigenvalue weighted by Crippen LogP contribution is -2.41. The second-order valence-electron chi connectivity index (χ2n) is 7.18. The monoisotopic (exact) mass is 464 g/mol. The summed E-state index contributed by atoms with van der Waals surface area (Å²) in [7, 11) is 1.48. The van der Waals surface area contributed by atoms with E-state index in [0.717, 1.165) is 4.90 Å². The number of ether oxygens (including phenoxy) is 3. The van der Waals surface area contributed by atoms with Gasteiger partial charge < -0.3 is 35.4 Å². The molecule has 0 aliphatic carbocycles. The molecule has 33 heavy (non-hydrogen) atoms. The Morgan fingerprint density at radius 1 is 1.06 bits per heavy atom. The summed E-state index contributed by atoms with van der Waals surface area (Å²) < 4.78 is 16.1. The predicted molar refractivity (Wildman–Crippen MR) is 120 cm³/mol. The van der Waals surface area contributed by atoms with Crippen LogP contribution in [0.25, 0.3) is 0 Å². The van der Waals surface area contributed by atoms with Gasteiger partial charge >= 0.3 is 0 Å². The van der Waals surface area contributed by atoms with Gasteiger partial charge in [-0.25, -0.2) is 0 Å². The van der Waals surface area contributed by atoms with Crippen molar-refractivity contribution in [2.24, 2.45) is 5.73 Å². The van der Waals surface area contributed by atoms with Crippen molar-refractivity contribution in [1.82, 2.24) is 10.2 Å². The summed E-state index contributed by atoms with van der Waals surface area (Å²) in [5, 5.41) is 5.56. The summed E-state index contributed by atoms with van der Waals surface area (Å²) in [4.78, 5) is 49.8. The quantitative estimate of drug-likeness (QED) is 0.162. The molecule has 1 aromatic rings. The van der Waals surface area contributed by atoms with Crippen LogP contribution in [0.2, 0.25) is 0 Å². The van der Waals surface area contributed by atoms with Crippen LogP contribution >= 0.6 is 0 Å². The van der Waals surface area contributed by atoms with Crippen LogP contribution in [0.5, 0.6) is 0 Å². The highest BCUT2D eigenvalue weighted by Gasteiger charge is 2.41. The first-order valence-corrected chi connectivity index (χ1v) is 10.9. The number of nitrogens with two attached hydrogens (primary N) is 1. The van der Waals surface area contributed by atoms with Gasteiger partial charge in [0, 0.05) is 32.2 Å². The van der Waals surface area contributed by atoms with Gasteiger partial charge in [0.2, 0.25) is 5.91 Å². The number of rotatable bonds is 17. The first kappa shape index (κ1) is 26.4. The van der Waals surface area contributed by atoms with E-state index in [1.807, 2.05) is 0 Å². The SMILES string of the molecule is CNC(=O)CCC(C=O)N1C(=O)c2cccc(NCCOCCOCCOCCN)c2C1=O. The maximum absolute atomic E-state index is 13.0. The zero-order chi connectivity index (χ0) is 24.1. The molecule has 1 unspecified atom stereocenters. The summed E-state index contributed by atoms with van der Waals surface area (Å²) in [6.07, 6.45) is 0.616. The second kappa shape index (κ2) is 14.3. The molecule has 3 amide bonds. The molecular weight excluding hydrogens is 432 g/mol. The van der Waals surface area contributed by atoms with Gasteiger partial charge in [-0.15, -0.1) is 0 Å². The molecule has 11 heteroatoms. The minimum absolute atomic E-state index is 0.0280. The second-order valence-corrected chi connectivity index (χ2v) is 7.18. The number of fused-ring (bicyclic) bond motifs is 1. The molecule has 0 fully saturated rings. The molecule has 0 radical (unpaired) electrons. The van der Waals surface area contributed by atoms with E-state index in [1.165, 1.54) is 7.05 Å². The average molecular weight is 465 g/mol. The van der Waals surface area contributed by atoms with Crippen LogP contribution in [-0.4, -0.2) is 94.7 Å². The number of carbonyl (C=O) groups is 4. The van der Waals surface area contributed by atoms with Crippen molar-refractivity contribution in [1.29, 1.82) is 0 Å². The number of nitrogens with one attached hydrogen (secondary N) is 2. The number of carbonyl (C=O) groups excluding carboxylic acids is 4. The van der Waals surface area contributed by atoms with Gasteiger partial charge in [0.1, 0.15) is 6.29 Å². The van der Waals surface area contributed by atoms with Crippen molar-refractivity contribution in [2.45, 2.75) is 18.9 Å². The largest absolute Gasteiger partial charge is 0.382 e. The van der Waals surface area contributed by atoms with Crippen LogP contribution in [-0.2, 0) is 23.8 Å². The molecule has 0 bridgehead atoms. The highest BCUT2D eigenvalue weighted by Crippen LogP contribution is 2.31. The highest BCUT2D eigenvalue weighted by atomic mass is 16.5. The van der Waals surface area contributed by atoms with Gasteiger partial charge in [-0.1, -0.05) is 6.07 Å². The number of aldehydes is 1. The summed E-state index contributed by atoms with van der Waals surface area (Å²) in [6, 6.07) is 3.90. The molecular formula is C22H32N4O7. The van der Waals surface area contributed by atoms with Gasteiger partial charge in [-0.05, 0) is 18.6 Å². The molecule has 1 aliphatic rings. The van der Waals surface area contributed by atoms with Crippen molar-refractivity contribution >= 4 is 29.7 Å². The van der Waals surface area contributed by atoms with E-state index in [0.29, 0.717) is 64.7 Å². The molecule has 0 aromatic heterocycles. The summed E-state index contributed by atoms with van der Waals surface area (Å²) in [6.45, 7) is 3.55. The Kier molecular flexibility index (Phi) is 11.5. The van der Waals surface area contributed by atoms with Crippen LogP contribution in [0, 0.1) is 0 Å². The topological polar surface area (TPSA) is 149 Å². The Bertz CT molecular complexity index is 818. The third-order valence-corrected chi connectivity index (χ3v) is 4.95. The lowest BCUT2D eigenvalue weighted by molar-refractivity contribution is -0.121. The predicted octanol–water partition coefficient (Wildman–Crippen LogP) is -0.203. The lowest BCUT2D eigenvalue weighted by atomic mass is 10.1. The minimum Gasteiger partial charge on any atom is -0.382 e. The van der Waals surface area contributed by atoms with Crippen molar-refractivity contribution in [3.8, 4) is 0 Å². The van der Waals surface area contributed by atoms with Gasteiger partial charge in [-0.3, -0.25) is 19.3 Å². The normalized spacial score (nSPS) is 13.7. The van der Waals surface area contributed by atoms with Crippen molar-refractivity contribution in [2.75, 3.05) is 65.1 Å². The van der Waals surface area contributed by atoms with E-state index in [4.69, 9.17) is 19.9 Å². The van der Waals surface area contributed by atoms with Crippen LogP contribution in [0.3, 0.4) is 0 Å². The Balaban J connectivity index is 1.83. The van der Waals surface area contributed by atoms with Crippen LogP contribution in [0.1, 0.15) is 33.6 Å². The van der Waals surface area contributed by atoms with Crippen LogP contribution < -0.4 is 16.4 Å². The number of amides is 3. The molecule has 1 heterocycles. The number of hydrogen-bond acceptors (Lipinski definition) is 9. The number of imide groups is 1. The van der Waals surface area contributed by atoms with Crippen molar-refractivity contribution in [3.05, 3.63) is 29.3 Å². The van der Waals surface area contributed by atoms with Gasteiger partial charge in [0.05, 0.1) is 56.8 Å². The summed E-state index contributed by atoms with van der Waals surface area (Å²) in [5.41, 5.74) is 6.25. The average Bonchev–Trinajstić information content (AvgIpc) is 3.08. The van der Waals surface area contributed by atoms with Gasteiger partial charge in [0.25, 0.3) is 11.8 Å². The molecule has 0 spiro atoms. The Morgan fingerprint density at radius 3 is 2.36 bits per heavy atom. The number of hydrogen-bond donors (Lipinski definition) is 3. The van der Waals surface area contributed by atoms with Gasteiger partial charge in [-0.2, -0.15) is 0 Å². The van der Waals surface area contributed by atoms with Crippen molar-refractivity contribution in [3.63, 3.8) is 0 Å². The Morgan fingerprint density at radius 2 is 1.73 bits per heavy atom. The van der Waals surface area contributed by atoms with Crippen LogP contribution in [0.4, 0.5) is 5.69 Å². The molecule has 0 saturated heterocycles. The molecule has 1 atom stereocenters. The lowest BCUT2D eigenvalue weighted by Gasteiger charge is -2.21. The van der Waals surface area contributed by atoms with E-state index in [1.54, 1.807) is 18.2 Å². The molecule has 2 rings (SSSR count). The maximum atomic E-state index is 13.0. The fourth-order valence-corrected chi connectivity index (χ4v) is 3.30. The zero-order valence-corrected chi connectivity index (χ0v) is 18.8. The minimum atomic E-state index is -1.01. The highest BCUT2D eigenvalue weighted by molar-refractivity contribution is 6.24. The first-order chi connectivity index (χ1) is 16.0. The van der Waals surface area contributed by atoms with Gasteiger partial charge in [0.15, 0.2) is 0 Å². The van der Waals surface area contributed by atoms with Crippen LogP contribution in [0.15, 0.2) is 18.2 Å².